The number of hydrogen-bond acceptors (Lipinski definition) is 4. The van der Waals surface area contributed by atoms with Crippen molar-refractivity contribution in [3.05, 3.63) is 46.0 Å². The molecule has 0 aromatic heterocycles. The lowest BCUT2D eigenvalue weighted by Crippen LogP contribution is -2.43. The lowest BCUT2D eigenvalue weighted by molar-refractivity contribution is -0.384. The zero-order valence-corrected chi connectivity index (χ0v) is 15.2. The molecule has 0 spiro atoms. The van der Waals surface area contributed by atoms with Crippen molar-refractivity contribution in [1.29, 1.82) is 0 Å². The highest BCUT2D eigenvalue weighted by Crippen LogP contribution is 2.30. The van der Waals surface area contributed by atoms with Gasteiger partial charge in [0.2, 0.25) is 5.91 Å². The first kappa shape index (κ1) is 19.4. The molecular weight excluding hydrogens is 342 g/mol. The Morgan fingerprint density at radius 3 is 2.88 bits per heavy atom. The molecule has 2 aliphatic heterocycles. The molecule has 2 saturated heterocycles. The predicted octanol–water partition coefficient (Wildman–Crippen LogP) is 2.97. The van der Waals surface area contributed by atoms with Crippen LogP contribution in [0.2, 0.25) is 0 Å². The summed E-state index contributed by atoms with van der Waals surface area (Å²) in [6.45, 7) is 5.56. The number of non-ortho nitro benzene ring substituents is 1. The summed E-state index contributed by atoms with van der Waals surface area (Å²) in [6.07, 6.45) is 5.68. The smallest absolute Gasteiger partial charge is 0.270 e. The third-order valence-electron chi connectivity index (χ3n) is 4.86. The van der Waals surface area contributed by atoms with E-state index in [-0.39, 0.29) is 28.9 Å². The Balaban J connectivity index is 0.00000225. The van der Waals surface area contributed by atoms with Gasteiger partial charge in [-0.25, -0.2) is 0 Å². The van der Waals surface area contributed by atoms with Crippen LogP contribution in [0.4, 0.5) is 5.69 Å². The van der Waals surface area contributed by atoms with Crippen molar-refractivity contribution in [2.24, 2.45) is 5.92 Å². The fourth-order valence-corrected chi connectivity index (χ4v) is 3.79. The molecule has 1 aromatic rings. The standard InChI is InChI=1S/C18H23N3O3.ClH/c1-2-18(22)20-12-15-10-17(20)13-19(11-15)8-4-6-14-5-3-7-16(9-14)21(23)24;/h3-7,9,15,17H,2,8,10-13H2,1H3;1H/b6-4+;. The van der Waals surface area contributed by atoms with Crippen LogP contribution >= 0.6 is 12.4 Å². The number of amides is 1. The van der Waals surface area contributed by atoms with Crippen LogP contribution in [0, 0.1) is 16.0 Å². The Morgan fingerprint density at radius 1 is 1.36 bits per heavy atom. The highest BCUT2D eigenvalue weighted by molar-refractivity contribution is 5.85. The second kappa shape index (κ2) is 8.45. The van der Waals surface area contributed by atoms with E-state index in [0.717, 1.165) is 38.2 Å². The highest BCUT2D eigenvalue weighted by Gasteiger charge is 2.39. The van der Waals surface area contributed by atoms with Crippen LogP contribution in [0.25, 0.3) is 6.08 Å². The van der Waals surface area contributed by atoms with Gasteiger partial charge in [0, 0.05) is 50.8 Å². The lowest BCUT2D eigenvalue weighted by Gasteiger charge is -2.31. The second-order valence-corrected chi connectivity index (χ2v) is 6.63. The second-order valence-electron chi connectivity index (χ2n) is 6.63. The number of halogens is 1. The Labute approximate surface area is 154 Å². The van der Waals surface area contributed by atoms with Crippen molar-refractivity contribution in [1.82, 2.24) is 9.80 Å². The summed E-state index contributed by atoms with van der Waals surface area (Å²) in [6, 6.07) is 7.00. The van der Waals surface area contributed by atoms with E-state index >= 15 is 0 Å². The molecule has 2 aliphatic rings. The number of fused-ring (bicyclic) bond motifs is 2. The summed E-state index contributed by atoms with van der Waals surface area (Å²) in [7, 11) is 0. The number of rotatable bonds is 5. The van der Waals surface area contributed by atoms with Gasteiger partial charge in [0.05, 0.1) is 4.92 Å². The number of carbonyl (C=O) groups excluding carboxylic acids is 1. The molecular formula is C18H24ClN3O3. The van der Waals surface area contributed by atoms with E-state index in [9.17, 15) is 14.9 Å². The molecule has 7 heteroatoms. The van der Waals surface area contributed by atoms with Crippen LogP contribution in [-0.2, 0) is 4.79 Å². The Hall–Kier alpha value is -1.92. The molecule has 1 aromatic carbocycles. The van der Waals surface area contributed by atoms with Gasteiger partial charge in [0.25, 0.3) is 5.69 Å². The first-order chi connectivity index (χ1) is 11.6. The van der Waals surface area contributed by atoms with Gasteiger partial charge >= 0.3 is 0 Å². The minimum atomic E-state index is -0.376. The Morgan fingerprint density at radius 2 is 2.16 bits per heavy atom. The van der Waals surface area contributed by atoms with Crippen LogP contribution < -0.4 is 0 Å². The van der Waals surface area contributed by atoms with Crippen LogP contribution in [0.1, 0.15) is 25.3 Å². The lowest BCUT2D eigenvalue weighted by atomic mass is 10.00. The number of nitro groups is 1. The third kappa shape index (κ3) is 4.58. The normalized spacial score (nSPS) is 22.8. The largest absolute Gasteiger partial charge is 0.338 e. The van der Waals surface area contributed by atoms with Gasteiger partial charge in [-0.3, -0.25) is 19.8 Å². The number of hydrogen-bond donors (Lipinski definition) is 0. The topological polar surface area (TPSA) is 66.7 Å². The summed E-state index contributed by atoms with van der Waals surface area (Å²) in [5, 5.41) is 10.8. The fraction of sp³-hybridized carbons (Fsp3) is 0.500. The molecule has 2 bridgehead atoms. The predicted molar refractivity (Wildman–Crippen MR) is 99.7 cm³/mol. The third-order valence-corrected chi connectivity index (χ3v) is 4.86. The molecule has 3 rings (SSSR count). The zero-order valence-electron chi connectivity index (χ0n) is 14.3. The van der Waals surface area contributed by atoms with E-state index < -0.39 is 0 Å². The van der Waals surface area contributed by atoms with E-state index in [1.807, 2.05) is 19.1 Å². The number of benzene rings is 1. The minimum Gasteiger partial charge on any atom is -0.338 e. The molecule has 1 amide bonds. The van der Waals surface area contributed by atoms with Crippen molar-refractivity contribution < 1.29 is 9.72 Å². The molecule has 2 atom stereocenters. The van der Waals surface area contributed by atoms with Crippen LogP contribution in [0.5, 0.6) is 0 Å². The molecule has 0 radical (unpaired) electrons. The van der Waals surface area contributed by atoms with Crippen molar-refractivity contribution in [3.63, 3.8) is 0 Å². The van der Waals surface area contributed by atoms with Gasteiger partial charge in [-0.15, -0.1) is 12.4 Å². The maximum atomic E-state index is 12.0. The van der Waals surface area contributed by atoms with Gasteiger partial charge in [0.15, 0.2) is 0 Å². The minimum absolute atomic E-state index is 0. The Kier molecular flexibility index (Phi) is 6.56. The SMILES string of the molecule is CCC(=O)N1CC2CC1CN(C/C=C/c1cccc([N+](=O)[O-])c1)C2.Cl. The number of nitrogens with zero attached hydrogens (tertiary/aromatic N) is 3. The number of piperidine rings is 1. The molecule has 0 N–H and O–H groups in total. The monoisotopic (exact) mass is 365 g/mol. The first-order valence-corrected chi connectivity index (χ1v) is 8.49. The first-order valence-electron chi connectivity index (χ1n) is 8.49. The molecule has 25 heavy (non-hydrogen) atoms. The van der Waals surface area contributed by atoms with E-state index in [0.29, 0.717) is 18.4 Å². The average molecular weight is 366 g/mol. The van der Waals surface area contributed by atoms with Gasteiger partial charge in [-0.05, 0) is 17.9 Å². The van der Waals surface area contributed by atoms with E-state index in [4.69, 9.17) is 0 Å². The van der Waals surface area contributed by atoms with E-state index in [2.05, 4.69) is 15.9 Å². The number of carbonyl (C=O) groups is 1. The van der Waals surface area contributed by atoms with Crippen molar-refractivity contribution in [2.75, 3.05) is 26.2 Å². The Bertz CT molecular complexity index is 665. The molecule has 2 unspecified atom stereocenters. The van der Waals surface area contributed by atoms with Gasteiger partial charge < -0.3 is 4.90 Å². The summed E-state index contributed by atoms with van der Waals surface area (Å²) in [5.41, 5.74) is 0.953. The average Bonchev–Trinajstić information content (AvgIpc) is 2.89. The molecule has 0 saturated carbocycles. The molecule has 2 fully saturated rings. The van der Waals surface area contributed by atoms with Crippen LogP contribution in [0.15, 0.2) is 30.3 Å². The quantitative estimate of drug-likeness (QED) is 0.594. The van der Waals surface area contributed by atoms with Gasteiger partial charge in [0.1, 0.15) is 0 Å². The van der Waals surface area contributed by atoms with E-state index in [1.54, 1.807) is 12.1 Å². The van der Waals surface area contributed by atoms with Crippen LogP contribution in [0.3, 0.4) is 0 Å². The number of likely N-dealkylation sites (tertiary alicyclic amines) is 2. The van der Waals surface area contributed by atoms with Crippen molar-refractivity contribution in [3.8, 4) is 0 Å². The summed E-state index contributed by atoms with van der Waals surface area (Å²) >= 11 is 0. The maximum Gasteiger partial charge on any atom is 0.270 e. The highest BCUT2D eigenvalue weighted by atomic mass is 35.5. The summed E-state index contributed by atoms with van der Waals surface area (Å²) < 4.78 is 0. The molecule has 136 valence electrons. The number of nitro benzene ring substituents is 1. The molecule has 0 aliphatic carbocycles. The summed E-state index contributed by atoms with van der Waals surface area (Å²) in [5.74, 6) is 0.835. The zero-order chi connectivity index (χ0) is 17.1. The van der Waals surface area contributed by atoms with Gasteiger partial charge in [-0.1, -0.05) is 31.2 Å². The van der Waals surface area contributed by atoms with Gasteiger partial charge in [-0.2, -0.15) is 0 Å². The maximum absolute atomic E-state index is 12.0. The molecule has 2 heterocycles. The van der Waals surface area contributed by atoms with Crippen molar-refractivity contribution in [2.45, 2.75) is 25.8 Å². The molecule has 6 nitrogen and oxygen atoms in total. The van der Waals surface area contributed by atoms with Crippen LogP contribution in [-0.4, -0.2) is 52.9 Å². The van der Waals surface area contributed by atoms with E-state index in [1.165, 1.54) is 6.07 Å². The summed E-state index contributed by atoms with van der Waals surface area (Å²) in [4.78, 5) is 26.8. The fourth-order valence-electron chi connectivity index (χ4n) is 3.79. The van der Waals surface area contributed by atoms with Crippen molar-refractivity contribution >= 4 is 30.1 Å².